The Morgan fingerprint density at radius 2 is 1.64 bits per heavy atom. The number of fused-ring (bicyclic) bond motifs is 1. The minimum Gasteiger partial charge on any atom is -0.493 e. The third-order valence-electron chi connectivity index (χ3n) is 5.89. The first-order valence-corrected chi connectivity index (χ1v) is 11.7. The predicted molar refractivity (Wildman–Crippen MR) is 141 cm³/mol. The summed E-state index contributed by atoms with van der Waals surface area (Å²) in [5, 5.41) is 6.71. The molecule has 1 heterocycles. The predicted octanol–water partition coefficient (Wildman–Crippen LogP) is 4.77. The molecule has 2 amide bonds. The zero-order valence-electron chi connectivity index (χ0n) is 20.6. The summed E-state index contributed by atoms with van der Waals surface area (Å²) in [6.07, 6.45) is 3.70. The molecule has 0 radical (unpaired) electrons. The molecule has 7 nitrogen and oxygen atoms in total. The third-order valence-corrected chi connectivity index (χ3v) is 5.89. The average molecular weight is 484 g/mol. The molecule has 0 saturated carbocycles. The molecule has 7 heteroatoms. The van der Waals surface area contributed by atoms with Gasteiger partial charge in [0.05, 0.1) is 14.2 Å². The number of hydrogen-bond acceptors (Lipinski definition) is 4. The Balaban J connectivity index is 1.68. The topological polar surface area (TPSA) is 81.6 Å². The highest BCUT2D eigenvalue weighted by Gasteiger charge is 2.18. The second kappa shape index (κ2) is 11.3. The fourth-order valence-corrected chi connectivity index (χ4v) is 4.01. The van der Waals surface area contributed by atoms with Crippen molar-refractivity contribution in [3.63, 3.8) is 0 Å². The van der Waals surface area contributed by atoms with Crippen molar-refractivity contribution < 1.29 is 19.1 Å². The van der Waals surface area contributed by atoms with Crippen LogP contribution in [-0.4, -0.2) is 30.6 Å². The first-order chi connectivity index (χ1) is 17.5. The van der Waals surface area contributed by atoms with Crippen LogP contribution in [0.1, 0.15) is 28.4 Å². The van der Waals surface area contributed by atoms with E-state index in [0.717, 1.165) is 28.6 Å². The standard InChI is InChI=1S/C29H29N3O4/c1-4-32-19-22(23-12-8-9-13-25(23)32)16-24(29(34)30-18-20-10-6-5-7-11-20)31-28(33)21-14-15-26(35-2)27(17-21)36-3/h5-17,19H,4,18H2,1-3H3,(H,30,34)(H,31,33)/b24-16-. The van der Waals surface area contributed by atoms with Gasteiger partial charge in [0.1, 0.15) is 5.70 Å². The Labute approximate surface area is 210 Å². The molecule has 0 unspecified atom stereocenters. The maximum atomic E-state index is 13.3. The number of aromatic nitrogens is 1. The van der Waals surface area contributed by atoms with Gasteiger partial charge in [-0.15, -0.1) is 0 Å². The van der Waals surface area contributed by atoms with E-state index in [1.165, 1.54) is 14.2 Å². The van der Waals surface area contributed by atoms with Crippen LogP contribution in [0.2, 0.25) is 0 Å². The van der Waals surface area contributed by atoms with E-state index in [1.807, 2.05) is 60.8 Å². The number of carbonyl (C=O) groups excluding carboxylic acids is 2. The number of benzene rings is 3. The van der Waals surface area contributed by atoms with Crippen LogP contribution in [0.3, 0.4) is 0 Å². The normalized spacial score (nSPS) is 11.2. The number of methoxy groups -OCH3 is 2. The molecule has 3 aromatic carbocycles. The van der Waals surface area contributed by atoms with E-state index in [2.05, 4.69) is 22.1 Å². The molecule has 0 aliphatic carbocycles. The average Bonchev–Trinajstić information content (AvgIpc) is 3.28. The van der Waals surface area contributed by atoms with Gasteiger partial charge in [-0.05, 0) is 42.8 Å². The number of amides is 2. The number of para-hydroxylation sites is 1. The fourth-order valence-electron chi connectivity index (χ4n) is 4.01. The van der Waals surface area contributed by atoms with Gasteiger partial charge in [-0.1, -0.05) is 48.5 Å². The Morgan fingerprint density at radius 3 is 2.36 bits per heavy atom. The lowest BCUT2D eigenvalue weighted by molar-refractivity contribution is -0.117. The van der Waals surface area contributed by atoms with Crippen molar-refractivity contribution in [3.8, 4) is 11.5 Å². The van der Waals surface area contributed by atoms with Crippen molar-refractivity contribution in [2.75, 3.05) is 14.2 Å². The van der Waals surface area contributed by atoms with Crippen LogP contribution < -0.4 is 20.1 Å². The molecule has 0 spiro atoms. The van der Waals surface area contributed by atoms with E-state index in [-0.39, 0.29) is 11.6 Å². The van der Waals surface area contributed by atoms with Crippen LogP contribution in [0.15, 0.2) is 84.7 Å². The number of nitrogens with one attached hydrogen (secondary N) is 2. The molecular weight excluding hydrogens is 454 g/mol. The van der Waals surface area contributed by atoms with Gasteiger partial charge in [-0.3, -0.25) is 9.59 Å². The number of ether oxygens (including phenoxy) is 2. The highest BCUT2D eigenvalue weighted by molar-refractivity contribution is 6.06. The highest BCUT2D eigenvalue weighted by Crippen LogP contribution is 2.28. The van der Waals surface area contributed by atoms with Crippen LogP contribution >= 0.6 is 0 Å². The third kappa shape index (κ3) is 5.41. The summed E-state index contributed by atoms with van der Waals surface area (Å²) in [7, 11) is 3.04. The molecule has 0 saturated heterocycles. The Kier molecular flexibility index (Phi) is 7.70. The number of nitrogens with zero attached hydrogens (tertiary/aromatic N) is 1. The Hall–Kier alpha value is -4.52. The van der Waals surface area contributed by atoms with Crippen LogP contribution in [0, 0.1) is 0 Å². The van der Waals surface area contributed by atoms with Crippen molar-refractivity contribution in [1.82, 2.24) is 15.2 Å². The molecule has 4 rings (SSSR count). The van der Waals surface area contributed by atoms with Crippen LogP contribution in [0.4, 0.5) is 0 Å². The lowest BCUT2D eigenvalue weighted by atomic mass is 10.1. The van der Waals surface area contributed by atoms with E-state index < -0.39 is 5.91 Å². The minimum atomic E-state index is -0.434. The number of carbonyl (C=O) groups is 2. The van der Waals surface area contributed by atoms with E-state index >= 15 is 0 Å². The van der Waals surface area contributed by atoms with Crippen molar-refractivity contribution >= 4 is 28.8 Å². The summed E-state index contributed by atoms with van der Waals surface area (Å²) < 4.78 is 12.7. The van der Waals surface area contributed by atoms with Gasteiger partial charge < -0.3 is 24.7 Å². The SMILES string of the molecule is CCn1cc(/C=C(\NC(=O)c2ccc(OC)c(OC)c2)C(=O)NCc2ccccc2)c2ccccc21. The number of hydrogen-bond donors (Lipinski definition) is 2. The molecule has 0 bridgehead atoms. The van der Waals surface area contributed by atoms with E-state index in [4.69, 9.17) is 9.47 Å². The number of rotatable bonds is 9. The second-order valence-electron chi connectivity index (χ2n) is 8.14. The summed E-state index contributed by atoms with van der Waals surface area (Å²) in [4.78, 5) is 26.5. The van der Waals surface area contributed by atoms with Gasteiger partial charge in [0.2, 0.25) is 0 Å². The zero-order valence-corrected chi connectivity index (χ0v) is 20.6. The minimum absolute atomic E-state index is 0.143. The quantitative estimate of drug-likeness (QED) is 0.336. The monoisotopic (exact) mass is 483 g/mol. The molecular formula is C29H29N3O4. The van der Waals surface area contributed by atoms with Gasteiger partial charge >= 0.3 is 0 Å². The molecule has 184 valence electrons. The highest BCUT2D eigenvalue weighted by atomic mass is 16.5. The molecule has 0 aliphatic heterocycles. The van der Waals surface area contributed by atoms with E-state index in [0.29, 0.717) is 23.6 Å². The molecule has 2 N–H and O–H groups in total. The van der Waals surface area contributed by atoms with Crippen LogP contribution in [-0.2, 0) is 17.9 Å². The van der Waals surface area contributed by atoms with Gasteiger partial charge in [0.25, 0.3) is 11.8 Å². The maximum absolute atomic E-state index is 13.3. The molecule has 0 aliphatic rings. The van der Waals surface area contributed by atoms with Gasteiger partial charge in [-0.25, -0.2) is 0 Å². The van der Waals surface area contributed by atoms with Gasteiger partial charge in [-0.2, -0.15) is 0 Å². The van der Waals surface area contributed by atoms with Crippen molar-refractivity contribution in [2.45, 2.75) is 20.0 Å². The smallest absolute Gasteiger partial charge is 0.268 e. The van der Waals surface area contributed by atoms with Gasteiger partial charge in [0, 0.05) is 41.3 Å². The van der Waals surface area contributed by atoms with Crippen LogP contribution in [0.25, 0.3) is 17.0 Å². The summed E-state index contributed by atoms with van der Waals surface area (Å²) >= 11 is 0. The first kappa shape index (κ1) is 24.6. The fraction of sp³-hybridized carbons (Fsp3) is 0.172. The van der Waals surface area contributed by atoms with E-state index in [1.54, 1.807) is 24.3 Å². The number of aryl methyl sites for hydroxylation is 1. The van der Waals surface area contributed by atoms with Crippen molar-refractivity contribution in [1.29, 1.82) is 0 Å². The molecule has 1 aromatic heterocycles. The molecule has 4 aromatic rings. The summed E-state index contributed by atoms with van der Waals surface area (Å²) in [6.45, 7) is 3.17. The van der Waals surface area contributed by atoms with Crippen molar-refractivity contribution in [2.24, 2.45) is 0 Å². The molecule has 0 fully saturated rings. The van der Waals surface area contributed by atoms with Crippen LogP contribution in [0.5, 0.6) is 11.5 Å². The lowest BCUT2D eigenvalue weighted by Crippen LogP contribution is -2.34. The summed E-state index contributed by atoms with van der Waals surface area (Å²) in [5.41, 5.74) is 3.33. The Bertz CT molecular complexity index is 1410. The van der Waals surface area contributed by atoms with Crippen molar-refractivity contribution in [3.05, 3.63) is 101 Å². The second-order valence-corrected chi connectivity index (χ2v) is 8.14. The maximum Gasteiger partial charge on any atom is 0.268 e. The molecule has 36 heavy (non-hydrogen) atoms. The Morgan fingerprint density at radius 1 is 0.917 bits per heavy atom. The summed E-state index contributed by atoms with van der Waals surface area (Å²) in [6, 6.07) is 22.4. The largest absolute Gasteiger partial charge is 0.493 e. The summed E-state index contributed by atoms with van der Waals surface area (Å²) in [5.74, 6) is 0.116. The van der Waals surface area contributed by atoms with E-state index in [9.17, 15) is 9.59 Å². The lowest BCUT2D eigenvalue weighted by Gasteiger charge is -2.13. The molecule has 0 atom stereocenters. The zero-order chi connectivity index (χ0) is 25.5. The van der Waals surface area contributed by atoms with Gasteiger partial charge in [0.15, 0.2) is 11.5 Å². The first-order valence-electron chi connectivity index (χ1n) is 11.7.